The van der Waals surface area contributed by atoms with Crippen LogP contribution in [0.15, 0.2) is 0 Å². The summed E-state index contributed by atoms with van der Waals surface area (Å²) in [5, 5.41) is 14.9. The van der Waals surface area contributed by atoms with Crippen LogP contribution < -0.4 is 16.6 Å². The second-order valence-corrected chi connectivity index (χ2v) is 0.947. The maximum Gasteiger partial charge on any atom is 0.183 e. The summed E-state index contributed by atoms with van der Waals surface area (Å²) in [7, 11) is 0. The zero-order valence-corrected chi connectivity index (χ0v) is 4.47. The molecule has 0 aromatic heterocycles. The molecule has 0 amide bonds. The molecule has 0 aliphatic rings. The summed E-state index contributed by atoms with van der Waals surface area (Å²) < 4.78 is 0. The molecule has 48 valence electrons. The third-order valence-electron chi connectivity index (χ3n) is 0. The van der Waals surface area contributed by atoms with Gasteiger partial charge in [-0.15, -0.1) is 0 Å². The normalized spacial score (nSPS) is 6.12. The minimum absolute atomic E-state index is 0.333. The average Bonchev–Trinajstić information content (AvgIpc) is 1.25. The smallest absolute Gasteiger partial charge is 0.183 e. The van der Waals surface area contributed by atoms with Crippen molar-refractivity contribution >= 4 is 11.9 Å². The number of carboxylic acids is 1. The Kier molecular flexibility index (Phi) is 7.09. The summed E-state index contributed by atoms with van der Waals surface area (Å²) in [6, 6.07) is 0. The predicted octanol–water partition coefficient (Wildman–Crippen LogP) is -2.41. The number of guanidine groups is 1. The number of rotatable bonds is 0. The molecule has 0 saturated carbocycles. The minimum Gasteiger partial charge on any atom is -0.550 e. The summed E-state index contributed by atoms with van der Waals surface area (Å²) in [5.41, 5.74) is 8.94. The molecule has 5 nitrogen and oxygen atoms in total. The zero-order chi connectivity index (χ0) is 7.15. The van der Waals surface area contributed by atoms with Crippen molar-refractivity contribution in [1.29, 1.82) is 5.41 Å². The lowest BCUT2D eigenvalue weighted by Crippen LogP contribution is -2.20. The number of carbonyl (C=O) groups excluding carboxylic acids is 1. The highest BCUT2D eigenvalue weighted by atomic mass is 16.4. The van der Waals surface area contributed by atoms with Gasteiger partial charge in [-0.3, -0.25) is 5.41 Å². The van der Waals surface area contributed by atoms with E-state index in [-0.39, 0.29) is 5.96 Å². The van der Waals surface area contributed by atoms with Crippen molar-refractivity contribution in [2.75, 3.05) is 0 Å². The topological polar surface area (TPSA) is 116 Å². The summed E-state index contributed by atoms with van der Waals surface area (Å²) in [6.07, 6.45) is 0. The van der Waals surface area contributed by atoms with Gasteiger partial charge in [0, 0.05) is 5.97 Å². The van der Waals surface area contributed by atoms with Crippen LogP contribution in [0.2, 0.25) is 0 Å². The molecule has 0 radical (unpaired) electrons. The number of nitrogens with two attached hydrogens (primary N) is 2. The van der Waals surface area contributed by atoms with Crippen LogP contribution >= 0.6 is 0 Å². The molecule has 0 aliphatic carbocycles. The summed E-state index contributed by atoms with van der Waals surface area (Å²) in [5.74, 6) is -1.42. The number of aliphatic carboxylic acids is 1. The molecule has 0 aromatic carbocycles. The lowest BCUT2D eigenvalue weighted by molar-refractivity contribution is -0.302. The minimum atomic E-state index is -1.08. The van der Waals surface area contributed by atoms with Crippen molar-refractivity contribution in [1.82, 2.24) is 0 Å². The molecule has 5 heteroatoms. The van der Waals surface area contributed by atoms with Gasteiger partial charge in [0.2, 0.25) is 0 Å². The standard InChI is InChI=1S/C2H4O2.CH5N3/c1-2(3)4;2-1(3)4/h1H3,(H,3,4);(H5,2,3,4)/p-1. The molecule has 0 atom stereocenters. The Labute approximate surface area is 46.8 Å². The van der Waals surface area contributed by atoms with Gasteiger partial charge in [0.1, 0.15) is 0 Å². The lowest BCUT2D eigenvalue weighted by atomic mass is 10.9. The van der Waals surface area contributed by atoms with Crippen LogP contribution in [0.3, 0.4) is 0 Å². The Morgan fingerprint density at radius 1 is 1.62 bits per heavy atom. The van der Waals surface area contributed by atoms with Crippen molar-refractivity contribution in [2.24, 2.45) is 11.5 Å². The maximum atomic E-state index is 8.89. The SMILES string of the molecule is CC(=O)[O-].N=C(N)N. The molecule has 0 rings (SSSR count). The Bertz CT molecular complexity index is 70.5. The second kappa shape index (κ2) is 5.74. The predicted molar refractivity (Wildman–Crippen MR) is 26.8 cm³/mol. The number of carboxylic acid groups (broad SMARTS) is 1. The van der Waals surface area contributed by atoms with Crippen molar-refractivity contribution < 1.29 is 9.90 Å². The van der Waals surface area contributed by atoms with Crippen LogP contribution in [0.25, 0.3) is 0 Å². The monoisotopic (exact) mass is 118 g/mol. The Morgan fingerprint density at radius 2 is 1.62 bits per heavy atom. The summed E-state index contributed by atoms with van der Waals surface area (Å²) >= 11 is 0. The Morgan fingerprint density at radius 3 is 1.62 bits per heavy atom. The number of carbonyl (C=O) groups is 1. The molecular formula is C3H8N3O2-. The fraction of sp³-hybridized carbons (Fsp3) is 0.333. The first kappa shape index (κ1) is 9.88. The Hall–Kier alpha value is -1.26. The van der Waals surface area contributed by atoms with Gasteiger partial charge in [0.25, 0.3) is 0 Å². The number of hydrogen-bond donors (Lipinski definition) is 3. The van der Waals surface area contributed by atoms with E-state index >= 15 is 0 Å². The van der Waals surface area contributed by atoms with Gasteiger partial charge in [-0.2, -0.15) is 0 Å². The molecule has 0 unspecified atom stereocenters. The molecule has 0 aromatic rings. The zero-order valence-electron chi connectivity index (χ0n) is 4.47. The van der Waals surface area contributed by atoms with Crippen LogP contribution in [0, 0.1) is 5.41 Å². The van der Waals surface area contributed by atoms with Crippen molar-refractivity contribution in [3.63, 3.8) is 0 Å². The van der Waals surface area contributed by atoms with E-state index in [0.717, 1.165) is 6.92 Å². The van der Waals surface area contributed by atoms with Gasteiger partial charge in [-0.1, -0.05) is 0 Å². The highest BCUT2D eigenvalue weighted by Crippen LogP contribution is 1.31. The van der Waals surface area contributed by atoms with E-state index in [1.807, 2.05) is 0 Å². The van der Waals surface area contributed by atoms with E-state index in [4.69, 9.17) is 15.3 Å². The first-order valence-corrected chi connectivity index (χ1v) is 1.74. The van der Waals surface area contributed by atoms with E-state index in [2.05, 4.69) is 11.5 Å². The molecule has 0 bridgehead atoms. The van der Waals surface area contributed by atoms with Gasteiger partial charge in [0.05, 0.1) is 0 Å². The first-order chi connectivity index (χ1) is 3.46. The van der Waals surface area contributed by atoms with Crippen LogP contribution in [-0.4, -0.2) is 11.9 Å². The van der Waals surface area contributed by atoms with E-state index in [1.165, 1.54) is 0 Å². The lowest BCUT2D eigenvalue weighted by Gasteiger charge is -1.77. The van der Waals surface area contributed by atoms with Gasteiger partial charge in [-0.25, -0.2) is 0 Å². The molecule has 0 heterocycles. The molecule has 8 heavy (non-hydrogen) atoms. The fourth-order valence-electron chi connectivity index (χ4n) is 0. The number of nitrogens with one attached hydrogen (secondary N) is 1. The van der Waals surface area contributed by atoms with Crippen molar-refractivity contribution in [3.8, 4) is 0 Å². The maximum absolute atomic E-state index is 8.89. The molecule has 0 fully saturated rings. The van der Waals surface area contributed by atoms with Crippen molar-refractivity contribution in [2.45, 2.75) is 6.92 Å². The van der Waals surface area contributed by atoms with Crippen LogP contribution in [0.4, 0.5) is 0 Å². The molecular weight excluding hydrogens is 110 g/mol. The van der Waals surface area contributed by atoms with Crippen molar-refractivity contribution in [3.05, 3.63) is 0 Å². The van der Waals surface area contributed by atoms with E-state index in [9.17, 15) is 0 Å². The molecule has 0 saturated heterocycles. The summed E-state index contributed by atoms with van der Waals surface area (Å²) in [6.45, 7) is 0.972. The molecule has 5 N–H and O–H groups in total. The summed E-state index contributed by atoms with van der Waals surface area (Å²) in [4.78, 5) is 8.89. The third-order valence-corrected chi connectivity index (χ3v) is 0. The second-order valence-electron chi connectivity index (χ2n) is 0.947. The highest BCUT2D eigenvalue weighted by Gasteiger charge is 1.52. The average molecular weight is 118 g/mol. The van der Waals surface area contributed by atoms with Crippen LogP contribution in [0.5, 0.6) is 0 Å². The third kappa shape index (κ3) is 41.8. The van der Waals surface area contributed by atoms with Gasteiger partial charge in [-0.05, 0) is 6.92 Å². The molecule has 0 spiro atoms. The quantitative estimate of drug-likeness (QED) is 0.242. The molecule has 0 aliphatic heterocycles. The number of hydrogen-bond acceptors (Lipinski definition) is 3. The first-order valence-electron chi connectivity index (χ1n) is 1.74. The highest BCUT2D eigenvalue weighted by molar-refractivity contribution is 5.71. The van der Waals surface area contributed by atoms with E-state index in [0.29, 0.717) is 0 Å². The van der Waals surface area contributed by atoms with Crippen LogP contribution in [0.1, 0.15) is 6.92 Å². The van der Waals surface area contributed by atoms with Crippen LogP contribution in [-0.2, 0) is 4.79 Å². The van der Waals surface area contributed by atoms with Gasteiger partial charge < -0.3 is 21.4 Å². The fourth-order valence-corrected chi connectivity index (χ4v) is 0. The largest absolute Gasteiger partial charge is 0.550 e. The van der Waals surface area contributed by atoms with E-state index in [1.54, 1.807) is 0 Å². The van der Waals surface area contributed by atoms with Gasteiger partial charge >= 0.3 is 0 Å². The van der Waals surface area contributed by atoms with Gasteiger partial charge in [0.15, 0.2) is 5.96 Å². The Balaban J connectivity index is 0. The van der Waals surface area contributed by atoms with E-state index < -0.39 is 5.97 Å².